The predicted molar refractivity (Wildman–Crippen MR) is 97.9 cm³/mol. The Hall–Kier alpha value is -2.93. The van der Waals surface area contributed by atoms with Crippen molar-refractivity contribution >= 4 is 40.8 Å². The SMILES string of the molecule is O=C(COC(=O)[C@H]1CC(=O)N(c2cccc(Cl)c2)C1)Nc1ccc(F)cc1. The molecule has 1 heterocycles. The van der Waals surface area contributed by atoms with Gasteiger partial charge in [0.2, 0.25) is 5.91 Å². The molecule has 2 aromatic carbocycles. The molecule has 8 heteroatoms. The number of nitrogens with zero attached hydrogens (tertiary/aromatic N) is 1. The summed E-state index contributed by atoms with van der Waals surface area (Å²) < 4.78 is 17.8. The van der Waals surface area contributed by atoms with Gasteiger partial charge in [-0.25, -0.2) is 4.39 Å². The van der Waals surface area contributed by atoms with Gasteiger partial charge in [0.1, 0.15) is 5.82 Å². The first-order valence-corrected chi connectivity index (χ1v) is 8.58. The Labute approximate surface area is 159 Å². The number of carbonyl (C=O) groups is 3. The van der Waals surface area contributed by atoms with Gasteiger partial charge < -0.3 is 15.0 Å². The molecule has 1 N–H and O–H groups in total. The van der Waals surface area contributed by atoms with Crippen LogP contribution in [0, 0.1) is 11.7 Å². The van der Waals surface area contributed by atoms with Gasteiger partial charge in [-0.1, -0.05) is 17.7 Å². The van der Waals surface area contributed by atoms with Crippen LogP contribution < -0.4 is 10.2 Å². The molecule has 0 spiro atoms. The van der Waals surface area contributed by atoms with E-state index >= 15 is 0 Å². The number of anilines is 2. The van der Waals surface area contributed by atoms with Crippen LogP contribution in [-0.4, -0.2) is 30.9 Å². The molecule has 1 atom stereocenters. The number of benzene rings is 2. The number of amides is 2. The summed E-state index contributed by atoms with van der Waals surface area (Å²) in [6.45, 7) is -0.324. The van der Waals surface area contributed by atoms with E-state index in [1.165, 1.54) is 29.2 Å². The molecule has 27 heavy (non-hydrogen) atoms. The molecule has 1 aliphatic heterocycles. The van der Waals surface area contributed by atoms with Crippen LogP contribution in [0.2, 0.25) is 5.02 Å². The normalized spacial score (nSPS) is 16.3. The summed E-state index contributed by atoms with van der Waals surface area (Å²) in [6, 6.07) is 12.0. The average Bonchev–Trinajstić information content (AvgIpc) is 3.03. The van der Waals surface area contributed by atoms with Crippen molar-refractivity contribution in [1.29, 1.82) is 0 Å². The predicted octanol–water partition coefficient (Wildman–Crippen LogP) is 3.01. The summed E-state index contributed by atoms with van der Waals surface area (Å²) >= 11 is 5.93. The molecule has 0 bridgehead atoms. The second-order valence-corrected chi connectivity index (χ2v) is 6.48. The van der Waals surface area contributed by atoms with Gasteiger partial charge in [0.15, 0.2) is 6.61 Å². The smallest absolute Gasteiger partial charge is 0.311 e. The molecule has 2 amide bonds. The lowest BCUT2D eigenvalue weighted by atomic mass is 10.1. The van der Waals surface area contributed by atoms with Crippen LogP contribution >= 0.6 is 11.6 Å². The first-order valence-electron chi connectivity index (χ1n) is 8.20. The van der Waals surface area contributed by atoms with Crippen molar-refractivity contribution in [2.45, 2.75) is 6.42 Å². The topological polar surface area (TPSA) is 75.7 Å². The van der Waals surface area contributed by atoms with Gasteiger partial charge in [-0.3, -0.25) is 14.4 Å². The summed E-state index contributed by atoms with van der Waals surface area (Å²) in [7, 11) is 0. The van der Waals surface area contributed by atoms with Gasteiger partial charge in [-0.2, -0.15) is 0 Å². The third kappa shape index (κ3) is 4.83. The van der Waals surface area contributed by atoms with Gasteiger partial charge in [0.05, 0.1) is 5.92 Å². The van der Waals surface area contributed by atoms with Crippen LogP contribution in [-0.2, 0) is 19.1 Å². The summed E-state index contributed by atoms with van der Waals surface area (Å²) in [6.07, 6.45) is 0.00489. The number of halogens is 2. The van der Waals surface area contributed by atoms with E-state index in [0.29, 0.717) is 16.4 Å². The third-order valence-electron chi connectivity index (χ3n) is 4.05. The van der Waals surface area contributed by atoms with Crippen molar-refractivity contribution in [2.24, 2.45) is 5.92 Å². The number of hydrogen-bond donors (Lipinski definition) is 1. The lowest BCUT2D eigenvalue weighted by Gasteiger charge is -2.16. The van der Waals surface area contributed by atoms with E-state index in [4.69, 9.17) is 16.3 Å². The third-order valence-corrected chi connectivity index (χ3v) is 4.29. The summed E-state index contributed by atoms with van der Waals surface area (Å²) in [5, 5.41) is 2.98. The van der Waals surface area contributed by atoms with Crippen molar-refractivity contribution in [2.75, 3.05) is 23.4 Å². The summed E-state index contributed by atoms with van der Waals surface area (Å²) in [5.41, 5.74) is 0.998. The van der Waals surface area contributed by atoms with E-state index in [1.807, 2.05) is 0 Å². The van der Waals surface area contributed by atoms with Crippen LogP contribution in [0.3, 0.4) is 0 Å². The second-order valence-electron chi connectivity index (χ2n) is 6.05. The van der Waals surface area contributed by atoms with Crippen LogP contribution in [0.4, 0.5) is 15.8 Å². The molecule has 1 saturated heterocycles. The zero-order chi connectivity index (χ0) is 19.4. The van der Waals surface area contributed by atoms with E-state index < -0.39 is 30.2 Å². The summed E-state index contributed by atoms with van der Waals surface area (Å²) in [4.78, 5) is 37.7. The van der Waals surface area contributed by atoms with Gasteiger partial charge >= 0.3 is 5.97 Å². The molecule has 1 fully saturated rings. The van der Waals surface area contributed by atoms with Crippen molar-refractivity contribution in [3.05, 3.63) is 59.4 Å². The van der Waals surface area contributed by atoms with E-state index in [1.54, 1.807) is 24.3 Å². The van der Waals surface area contributed by atoms with Crippen molar-refractivity contribution in [3.63, 3.8) is 0 Å². The minimum atomic E-state index is -0.657. The number of nitrogens with one attached hydrogen (secondary N) is 1. The molecule has 0 aromatic heterocycles. The monoisotopic (exact) mass is 390 g/mol. The number of esters is 1. The fraction of sp³-hybridized carbons (Fsp3) is 0.211. The lowest BCUT2D eigenvalue weighted by Crippen LogP contribution is -2.28. The summed E-state index contributed by atoms with van der Waals surface area (Å²) in [5.74, 6) is -2.47. The Balaban J connectivity index is 1.52. The van der Waals surface area contributed by atoms with Crippen molar-refractivity contribution in [3.8, 4) is 0 Å². The Morgan fingerprint density at radius 2 is 1.96 bits per heavy atom. The van der Waals surface area contributed by atoms with Gasteiger partial charge in [-0.15, -0.1) is 0 Å². The Bertz CT molecular complexity index is 872. The maximum atomic E-state index is 12.8. The molecule has 0 saturated carbocycles. The van der Waals surface area contributed by atoms with Crippen LogP contribution in [0.1, 0.15) is 6.42 Å². The number of carbonyl (C=O) groups excluding carboxylic acids is 3. The molecule has 0 unspecified atom stereocenters. The molecule has 140 valence electrons. The highest BCUT2D eigenvalue weighted by Gasteiger charge is 2.36. The highest BCUT2D eigenvalue weighted by atomic mass is 35.5. The van der Waals surface area contributed by atoms with Crippen molar-refractivity contribution in [1.82, 2.24) is 0 Å². The van der Waals surface area contributed by atoms with E-state index in [-0.39, 0.29) is 18.9 Å². The van der Waals surface area contributed by atoms with Gasteiger partial charge in [0.25, 0.3) is 5.91 Å². The van der Waals surface area contributed by atoms with E-state index in [2.05, 4.69) is 5.32 Å². The fourth-order valence-electron chi connectivity index (χ4n) is 2.74. The Kier molecular flexibility index (Phi) is 5.71. The standard InChI is InChI=1S/C19H16ClFN2O4/c20-13-2-1-3-16(9-13)23-10-12(8-18(23)25)19(26)27-11-17(24)22-15-6-4-14(21)5-7-15/h1-7,9,12H,8,10-11H2,(H,22,24)/t12-/m0/s1. The molecular weight excluding hydrogens is 375 g/mol. The zero-order valence-electron chi connectivity index (χ0n) is 14.2. The molecule has 3 rings (SSSR count). The van der Waals surface area contributed by atoms with Crippen LogP contribution in [0.25, 0.3) is 0 Å². The maximum absolute atomic E-state index is 12.8. The van der Waals surface area contributed by atoms with E-state index in [9.17, 15) is 18.8 Å². The van der Waals surface area contributed by atoms with Crippen LogP contribution in [0.5, 0.6) is 0 Å². The molecule has 6 nitrogen and oxygen atoms in total. The largest absolute Gasteiger partial charge is 0.455 e. The Morgan fingerprint density at radius 3 is 2.67 bits per heavy atom. The first kappa shape index (κ1) is 18.8. The molecule has 0 aliphatic carbocycles. The highest BCUT2D eigenvalue weighted by Crippen LogP contribution is 2.27. The van der Waals surface area contributed by atoms with Crippen LogP contribution in [0.15, 0.2) is 48.5 Å². The average molecular weight is 391 g/mol. The lowest BCUT2D eigenvalue weighted by molar-refractivity contribution is -0.151. The molecule has 0 radical (unpaired) electrons. The van der Waals surface area contributed by atoms with Gasteiger partial charge in [-0.05, 0) is 42.5 Å². The van der Waals surface area contributed by atoms with Crippen molar-refractivity contribution < 1.29 is 23.5 Å². The minimum Gasteiger partial charge on any atom is -0.455 e. The number of ether oxygens (including phenoxy) is 1. The highest BCUT2D eigenvalue weighted by molar-refractivity contribution is 6.31. The Morgan fingerprint density at radius 1 is 1.22 bits per heavy atom. The first-order chi connectivity index (χ1) is 12.9. The molecule has 2 aromatic rings. The number of hydrogen-bond acceptors (Lipinski definition) is 4. The van der Waals surface area contributed by atoms with E-state index in [0.717, 1.165) is 0 Å². The molecule has 1 aliphatic rings. The quantitative estimate of drug-likeness (QED) is 0.796. The fourth-order valence-corrected chi connectivity index (χ4v) is 2.93. The maximum Gasteiger partial charge on any atom is 0.311 e. The zero-order valence-corrected chi connectivity index (χ0v) is 14.9. The number of rotatable bonds is 5. The molecular formula is C19H16ClFN2O4. The second kappa shape index (κ2) is 8.18. The van der Waals surface area contributed by atoms with Gasteiger partial charge in [0, 0.05) is 29.4 Å². The minimum absolute atomic E-state index is 0.00489.